The molecular weight excluding hydrogens is 310 g/mol. The highest BCUT2D eigenvalue weighted by molar-refractivity contribution is 7.99. The van der Waals surface area contributed by atoms with E-state index < -0.39 is 0 Å². The molecular formula is C17H23N3O2S. The molecule has 5 nitrogen and oxygen atoms in total. The molecule has 0 aliphatic carbocycles. The zero-order chi connectivity index (χ0) is 16.9. The molecule has 2 heterocycles. The van der Waals surface area contributed by atoms with Gasteiger partial charge in [-0.05, 0) is 31.0 Å². The van der Waals surface area contributed by atoms with Crippen molar-refractivity contribution in [2.75, 3.05) is 12.9 Å². The Hall–Kier alpha value is -1.95. The van der Waals surface area contributed by atoms with Crippen LogP contribution in [0.25, 0.3) is 11.4 Å². The topological polar surface area (TPSA) is 65.0 Å². The molecule has 0 atom stereocenters. The highest BCUT2D eigenvalue weighted by Crippen LogP contribution is 2.19. The van der Waals surface area contributed by atoms with Crippen molar-refractivity contribution in [3.8, 4) is 11.4 Å². The van der Waals surface area contributed by atoms with Gasteiger partial charge in [0.15, 0.2) is 5.16 Å². The summed E-state index contributed by atoms with van der Waals surface area (Å²) in [5, 5.41) is 0.733. The van der Waals surface area contributed by atoms with Gasteiger partial charge in [0.2, 0.25) is 0 Å². The van der Waals surface area contributed by atoms with Crippen LogP contribution in [0.1, 0.15) is 33.1 Å². The quantitative estimate of drug-likeness (QED) is 0.330. The van der Waals surface area contributed by atoms with E-state index in [0.717, 1.165) is 35.1 Å². The number of aromatic nitrogens is 3. The summed E-state index contributed by atoms with van der Waals surface area (Å²) in [4.78, 5) is 24.0. The molecule has 2 aromatic heterocycles. The Bertz CT molecular complexity index is 579. The van der Waals surface area contributed by atoms with Crippen LogP contribution in [0, 0.1) is 0 Å². The lowest BCUT2D eigenvalue weighted by Gasteiger charge is -2.03. The van der Waals surface area contributed by atoms with Crippen LogP contribution in [0.5, 0.6) is 0 Å². The Balaban J connectivity index is 0.00000127. The van der Waals surface area contributed by atoms with Gasteiger partial charge in [-0.1, -0.05) is 31.7 Å². The maximum atomic E-state index is 11.0. The number of unbranched alkanes of at least 4 members (excludes halogenated alkanes) is 1. The Kier molecular flexibility index (Phi) is 9.63. The van der Waals surface area contributed by atoms with Crippen LogP contribution in [0.4, 0.5) is 0 Å². The van der Waals surface area contributed by atoms with Gasteiger partial charge >= 0.3 is 5.97 Å². The summed E-state index contributed by atoms with van der Waals surface area (Å²) in [6.45, 7) is 4.00. The molecule has 124 valence electrons. The molecule has 0 aromatic carbocycles. The van der Waals surface area contributed by atoms with E-state index in [-0.39, 0.29) is 5.97 Å². The number of esters is 1. The van der Waals surface area contributed by atoms with Gasteiger partial charge in [0.1, 0.15) is 0 Å². The lowest BCUT2D eigenvalue weighted by atomic mass is 10.2. The van der Waals surface area contributed by atoms with Crippen molar-refractivity contribution in [2.24, 2.45) is 0 Å². The number of methoxy groups -OCH3 is 1. The molecule has 0 N–H and O–H groups in total. The molecule has 0 amide bonds. The predicted octanol–water partition coefficient (Wildman–Crippen LogP) is 4.00. The fraction of sp³-hybridized carbons (Fsp3) is 0.412. The highest BCUT2D eigenvalue weighted by atomic mass is 32.2. The van der Waals surface area contributed by atoms with E-state index in [1.807, 2.05) is 38.1 Å². The van der Waals surface area contributed by atoms with Crippen molar-refractivity contribution < 1.29 is 9.53 Å². The fourth-order valence-corrected chi connectivity index (χ4v) is 2.53. The molecule has 0 radical (unpaired) electrons. The third-order valence-corrected chi connectivity index (χ3v) is 3.74. The summed E-state index contributed by atoms with van der Waals surface area (Å²) in [5.74, 6) is 0.719. The molecule has 6 heteroatoms. The molecule has 0 aliphatic heterocycles. The second-order valence-corrected chi connectivity index (χ2v) is 5.38. The number of carbonyl (C=O) groups excluding carboxylic acids is 1. The SMILES string of the molecule is CC.COC(=O)CCCCSc1nccc(-c2ccccn2)n1. The van der Waals surface area contributed by atoms with Gasteiger partial charge < -0.3 is 4.74 Å². The maximum absolute atomic E-state index is 11.0. The first-order valence-corrected chi connectivity index (χ1v) is 8.72. The third kappa shape index (κ3) is 7.23. The summed E-state index contributed by atoms with van der Waals surface area (Å²) >= 11 is 1.59. The number of thioether (sulfide) groups is 1. The summed E-state index contributed by atoms with van der Waals surface area (Å²) in [6.07, 6.45) is 5.70. The summed E-state index contributed by atoms with van der Waals surface area (Å²) in [5.41, 5.74) is 1.66. The average Bonchev–Trinajstić information content (AvgIpc) is 2.64. The summed E-state index contributed by atoms with van der Waals surface area (Å²) < 4.78 is 4.60. The van der Waals surface area contributed by atoms with E-state index in [2.05, 4.69) is 19.7 Å². The monoisotopic (exact) mass is 333 g/mol. The van der Waals surface area contributed by atoms with Crippen LogP contribution in [0.15, 0.2) is 41.8 Å². The molecule has 2 rings (SSSR count). The van der Waals surface area contributed by atoms with E-state index >= 15 is 0 Å². The number of hydrogen-bond acceptors (Lipinski definition) is 6. The van der Waals surface area contributed by atoms with Crippen LogP contribution in [-0.4, -0.2) is 33.8 Å². The number of hydrogen-bond donors (Lipinski definition) is 0. The molecule has 0 unspecified atom stereocenters. The molecule has 0 bridgehead atoms. The zero-order valence-electron chi connectivity index (χ0n) is 13.9. The fourth-order valence-electron chi connectivity index (χ4n) is 1.70. The van der Waals surface area contributed by atoms with Gasteiger partial charge in [0.05, 0.1) is 18.5 Å². The Morgan fingerprint density at radius 1 is 1.09 bits per heavy atom. The van der Waals surface area contributed by atoms with E-state index in [9.17, 15) is 4.79 Å². The van der Waals surface area contributed by atoms with Gasteiger partial charge in [-0.25, -0.2) is 9.97 Å². The van der Waals surface area contributed by atoms with Crippen molar-refractivity contribution >= 4 is 17.7 Å². The molecule has 0 saturated heterocycles. The second kappa shape index (κ2) is 11.6. The summed E-state index contributed by atoms with van der Waals surface area (Å²) in [7, 11) is 1.41. The Morgan fingerprint density at radius 2 is 1.91 bits per heavy atom. The van der Waals surface area contributed by atoms with Crippen LogP contribution in [-0.2, 0) is 9.53 Å². The van der Waals surface area contributed by atoms with Crippen molar-refractivity contribution in [2.45, 2.75) is 38.3 Å². The van der Waals surface area contributed by atoms with Crippen LogP contribution in [0.2, 0.25) is 0 Å². The second-order valence-electron chi connectivity index (χ2n) is 4.32. The van der Waals surface area contributed by atoms with Gasteiger partial charge in [-0.15, -0.1) is 0 Å². The van der Waals surface area contributed by atoms with Crippen molar-refractivity contribution in [3.05, 3.63) is 36.7 Å². The largest absolute Gasteiger partial charge is 0.469 e. The van der Waals surface area contributed by atoms with Crippen LogP contribution >= 0.6 is 11.8 Å². The number of nitrogens with zero attached hydrogens (tertiary/aromatic N) is 3. The first-order chi connectivity index (χ1) is 11.3. The van der Waals surface area contributed by atoms with Crippen molar-refractivity contribution in [1.82, 2.24) is 15.0 Å². The average molecular weight is 333 g/mol. The normalized spacial score (nSPS) is 9.70. The number of pyridine rings is 1. The molecule has 0 aliphatic rings. The number of rotatable bonds is 7. The lowest BCUT2D eigenvalue weighted by Crippen LogP contribution is -1.99. The van der Waals surface area contributed by atoms with E-state index in [1.165, 1.54) is 7.11 Å². The molecule has 23 heavy (non-hydrogen) atoms. The first-order valence-electron chi connectivity index (χ1n) is 7.73. The standard InChI is InChI=1S/C15H17N3O2S.C2H6/c1-20-14(19)7-3-5-11-21-15-17-10-8-13(18-15)12-6-2-4-9-16-12;1-2/h2,4,6,8-10H,3,5,7,11H2,1H3;1-2H3. The molecule has 0 fully saturated rings. The minimum atomic E-state index is -0.159. The van der Waals surface area contributed by atoms with Gasteiger partial charge in [0.25, 0.3) is 0 Å². The Morgan fingerprint density at radius 3 is 2.61 bits per heavy atom. The zero-order valence-corrected chi connectivity index (χ0v) is 14.7. The van der Waals surface area contributed by atoms with Crippen molar-refractivity contribution in [1.29, 1.82) is 0 Å². The minimum absolute atomic E-state index is 0.159. The predicted molar refractivity (Wildman–Crippen MR) is 93.2 cm³/mol. The lowest BCUT2D eigenvalue weighted by molar-refractivity contribution is -0.140. The van der Waals surface area contributed by atoms with Gasteiger partial charge in [0, 0.05) is 24.6 Å². The van der Waals surface area contributed by atoms with Gasteiger partial charge in [-0.3, -0.25) is 9.78 Å². The molecule has 0 spiro atoms. The maximum Gasteiger partial charge on any atom is 0.305 e. The van der Waals surface area contributed by atoms with E-state index in [0.29, 0.717) is 6.42 Å². The van der Waals surface area contributed by atoms with Crippen molar-refractivity contribution in [3.63, 3.8) is 0 Å². The smallest absolute Gasteiger partial charge is 0.305 e. The minimum Gasteiger partial charge on any atom is -0.469 e. The number of carbonyl (C=O) groups is 1. The van der Waals surface area contributed by atoms with E-state index in [4.69, 9.17) is 0 Å². The highest BCUT2D eigenvalue weighted by Gasteiger charge is 2.04. The first kappa shape index (κ1) is 19.1. The Labute approximate surface area is 141 Å². The number of ether oxygens (including phenoxy) is 1. The van der Waals surface area contributed by atoms with Crippen LogP contribution < -0.4 is 0 Å². The van der Waals surface area contributed by atoms with Gasteiger partial charge in [-0.2, -0.15) is 0 Å². The summed E-state index contributed by atoms with van der Waals surface area (Å²) in [6, 6.07) is 7.59. The van der Waals surface area contributed by atoms with Crippen LogP contribution in [0.3, 0.4) is 0 Å². The third-order valence-electron chi connectivity index (χ3n) is 2.79. The molecule has 2 aromatic rings. The van der Waals surface area contributed by atoms with E-state index in [1.54, 1.807) is 24.2 Å². The molecule has 0 saturated carbocycles.